The second-order valence-corrected chi connectivity index (χ2v) is 8.36. The average Bonchev–Trinajstić information content (AvgIpc) is 3.34. The highest BCUT2D eigenvalue weighted by Gasteiger charge is 2.46. The van der Waals surface area contributed by atoms with Crippen molar-refractivity contribution in [3.8, 4) is 0 Å². The molecule has 7 heteroatoms. The van der Waals surface area contributed by atoms with Gasteiger partial charge in [-0.3, -0.25) is 24.6 Å². The van der Waals surface area contributed by atoms with Crippen LogP contribution in [0.15, 0.2) is 18.2 Å². The van der Waals surface area contributed by atoms with E-state index in [-0.39, 0.29) is 30.2 Å². The third-order valence-corrected chi connectivity index (χ3v) is 6.56. The Hall–Kier alpha value is -2.25. The maximum absolute atomic E-state index is 12.9. The lowest BCUT2D eigenvalue weighted by Gasteiger charge is -2.31. The summed E-state index contributed by atoms with van der Waals surface area (Å²) in [6.07, 6.45) is 1.91. The highest BCUT2D eigenvalue weighted by Crippen LogP contribution is 2.44. The van der Waals surface area contributed by atoms with Gasteiger partial charge in [-0.2, -0.15) is 0 Å². The van der Waals surface area contributed by atoms with Gasteiger partial charge in [0.05, 0.1) is 0 Å². The molecule has 1 unspecified atom stereocenters. The minimum Gasteiger partial charge on any atom is -0.326 e. The molecular formula is C20H24N4O3. The van der Waals surface area contributed by atoms with Crippen LogP contribution in [0.4, 0.5) is 0 Å². The van der Waals surface area contributed by atoms with Gasteiger partial charge in [-0.25, -0.2) is 0 Å². The molecule has 0 radical (unpaired) electrons. The molecule has 142 valence electrons. The van der Waals surface area contributed by atoms with E-state index in [9.17, 15) is 14.4 Å². The van der Waals surface area contributed by atoms with Gasteiger partial charge < -0.3 is 10.6 Å². The SMILES string of the molecule is N[C@H]1CN(Cc2cccc3c2CN(C2CCC(=O)NC2=O)C3=O)C[C@@H]2C[C@@H]21. The number of amides is 3. The number of likely N-dealkylation sites (tertiary alicyclic amines) is 1. The van der Waals surface area contributed by atoms with Crippen LogP contribution in [0, 0.1) is 11.8 Å². The van der Waals surface area contributed by atoms with E-state index in [1.165, 1.54) is 6.42 Å². The van der Waals surface area contributed by atoms with Crippen LogP contribution in [0.25, 0.3) is 0 Å². The molecule has 0 bridgehead atoms. The molecule has 2 saturated heterocycles. The first-order chi connectivity index (χ1) is 13.0. The lowest BCUT2D eigenvalue weighted by Crippen LogP contribution is -2.52. The summed E-state index contributed by atoms with van der Waals surface area (Å²) in [5.74, 6) is 0.690. The number of nitrogens with zero attached hydrogens (tertiary/aromatic N) is 2. The normalized spacial score (nSPS) is 32.9. The van der Waals surface area contributed by atoms with Gasteiger partial charge in [-0.15, -0.1) is 0 Å². The molecular weight excluding hydrogens is 344 g/mol. The number of nitrogens with two attached hydrogens (primary N) is 1. The largest absolute Gasteiger partial charge is 0.326 e. The van der Waals surface area contributed by atoms with Crippen LogP contribution in [0.2, 0.25) is 0 Å². The van der Waals surface area contributed by atoms with E-state index in [4.69, 9.17) is 5.73 Å². The summed E-state index contributed by atoms with van der Waals surface area (Å²) >= 11 is 0. The number of hydrogen-bond acceptors (Lipinski definition) is 5. The molecule has 27 heavy (non-hydrogen) atoms. The highest BCUT2D eigenvalue weighted by molar-refractivity contribution is 6.05. The predicted molar refractivity (Wildman–Crippen MR) is 97.3 cm³/mol. The number of nitrogens with one attached hydrogen (secondary N) is 1. The van der Waals surface area contributed by atoms with Crippen molar-refractivity contribution in [3.63, 3.8) is 0 Å². The van der Waals surface area contributed by atoms with E-state index >= 15 is 0 Å². The summed E-state index contributed by atoms with van der Waals surface area (Å²) in [6.45, 7) is 3.20. The first kappa shape index (κ1) is 16.9. The Morgan fingerprint density at radius 1 is 1.19 bits per heavy atom. The Balaban J connectivity index is 1.36. The van der Waals surface area contributed by atoms with Gasteiger partial charge in [0.1, 0.15) is 6.04 Å². The molecule has 4 atom stereocenters. The van der Waals surface area contributed by atoms with Crippen molar-refractivity contribution < 1.29 is 14.4 Å². The van der Waals surface area contributed by atoms with Crippen molar-refractivity contribution in [2.24, 2.45) is 17.6 Å². The minimum absolute atomic E-state index is 0.112. The molecule has 1 saturated carbocycles. The molecule has 5 rings (SSSR count). The Morgan fingerprint density at radius 3 is 2.81 bits per heavy atom. The van der Waals surface area contributed by atoms with E-state index in [1.54, 1.807) is 4.90 Å². The van der Waals surface area contributed by atoms with Crippen molar-refractivity contribution in [1.82, 2.24) is 15.1 Å². The molecule has 3 amide bonds. The fourth-order valence-electron chi connectivity index (χ4n) is 5.01. The van der Waals surface area contributed by atoms with E-state index in [0.29, 0.717) is 24.4 Å². The van der Waals surface area contributed by atoms with E-state index in [1.807, 2.05) is 12.1 Å². The third kappa shape index (κ3) is 2.85. The zero-order valence-corrected chi connectivity index (χ0v) is 15.2. The predicted octanol–water partition coefficient (Wildman–Crippen LogP) is 0.227. The first-order valence-electron chi connectivity index (χ1n) is 9.74. The molecule has 0 spiro atoms. The monoisotopic (exact) mass is 368 g/mol. The number of rotatable bonds is 3. The molecule has 3 fully saturated rings. The average molecular weight is 368 g/mol. The molecule has 3 heterocycles. The van der Waals surface area contributed by atoms with E-state index in [0.717, 1.165) is 36.7 Å². The topological polar surface area (TPSA) is 95.7 Å². The maximum atomic E-state index is 12.9. The summed E-state index contributed by atoms with van der Waals surface area (Å²) in [7, 11) is 0. The van der Waals surface area contributed by atoms with Crippen LogP contribution < -0.4 is 11.1 Å². The summed E-state index contributed by atoms with van der Waals surface area (Å²) in [5.41, 5.74) is 9.11. The molecule has 1 aromatic rings. The number of fused-ring (bicyclic) bond motifs is 2. The van der Waals surface area contributed by atoms with Gasteiger partial charge in [-0.05, 0) is 41.9 Å². The van der Waals surface area contributed by atoms with Crippen molar-refractivity contribution in [2.75, 3.05) is 13.1 Å². The molecule has 0 aromatic heterocycles. The summed E-state index contributed by atoms with van der Waals surface area (Å²) < 4.78 is 0. The van der Waals surface area contributed by atoms with Gasteiger partial charge >= 0.3 is 0 Å². The van der Waals surface area contributed by atoms with Crippen LogP contribution in [0.3, 0.4) is 0 Å². The van der Waals surface area contributed by atoms with Gasteiger partial charge in [0, 0.05) is 44.2 Å². The van der Waals surface area contributed by atoms with Crippen LogP contribution in [-0.4, -0.2) is 52.7 Å². The summed E-state index contributed by atoms with van der Waals surface area (Å²) in [4.78, 5) is 40.6. The number of hydrogen-bond donors (Lipinski definition) is 2. The first-order valence-corrected chi connectivity index (χ1v) is 9.74. The number of carbonyl (C=O) groups excluding carboxylic acids is 3. The molecule has 3 N–H and O–H groups in total. The Labute approximate surface area is 157 Å². The van der Waals surface area contributed by atoms with Gasteiger partial charge in [0.15, 0.2) is 0 Å². The molecule has 4 aliphatic rings. The van der Waals surface area contributed by atoms with Crippen molar-refractivity contribution in [2.45, 2.75) is 44.4 Å². The van der Waals surface area contributed by atoms with Gasteiger partial charge in [0.2, 0.25) is 11.8 Å². The standard InChI is InChI=1S/C20H24N4O3/c21-16-10-23(8-12-6-14(12)16)7-11-2-1-3-13-15(11)9-24(20(13)27)17-4-5-18(25)22-19(17)26/h1-3,12,14,16-17H,4-10,21H2,(H,22,25,26)/t12-,14-,16-,17?/m0/s1. The van der Waals surface area contributed by atoms with Crippen molar-refractivity contribution >= 4 is 17.7 Å². The quantitative estimate of drug-likeness (QED) is 0.745. The highest BCUT2D eigenvalue weighted by atomic mass is 16.2. The fraction of sp³-hybridized carbons (Fsp3) is 0.550. The lowest BCUT2D eigenvalue weighted by atomic mass is 10.0. The van der Waals surface area contributed by atoms with Crippen molar-refractivity contribution in [3.05, 3.63) is 34.9 Å². The zero-order chi connectivity index (χ0) is 18.7. The molecule has 1 aliphatic carbocycles. The van der Waals surface area contributed by atoms with Crippen LogP contribution in [0.5, 0.6) is 0 Å². The summed E-state index contributed by atoms with van der Waals surface area (Å²) in [6, 6.07) is 5.52. The third-order valence-electron chi connectivity index (χ3n) is 6.56. The Bertz CT molecular complexity index is 839. The van der Waals surface area contributed by atoms with Crippen LogP contribution in [0.1, 0.15) is 40.7 Å². The van der Waals surface area contributed by atoms with Gasteiger partial charge in [-0.1, -0.05) is 12.1 Å². The summed E-state index contributed by atoms with van der Waals surface area (Å²) in [5, 5.41) is 2.35. The zero-order valence-electron chi connectivity index (χ0n) is 15.2. The fourth-order valence-corrected chi connectivity index (χ4v) is 5.01. The second kappa shape index (κ2) is 6.14. The van der Waals surface area contributed by atoms with E-state index < -0.39 is 6.04 Å². The number of carbonyl (C=O) groups is 3. The Morgan fingerprint density at radius 2 is 2.04 bits per heavy atom. The van der Waals surface area contributed by atoms with Crippen molar-refractivity contribution in [1.29, 1.82) is 0 Å². The van der Waals surface area contributed by atoms with Gasteiger partial charge in [0.25, 0.3) is 5.91 Å². The molecule has 3 aliphatic heterocycles. The second-order valence-electron chi connectivity index (χ2n) is 8.36. The Kier molecular flexibility index (Phi) is 3.84. The number of piperidine rings is 2. The molecule has 1 aromatic carbocycles. The number of imide groups is 1. The number of benzene rings is 1. The molecule has 7 nitrogen and oxygen atoms in total. The van der Waals surface area contributed by atoms with E-state index in [2.05, 4.69) is 16.3 Å². The lowest BCUT2D eigenvalue weighted by molar-refractivity contribution is -0.136. The maximum Gasteiger partial charge on any atom is 0.255 e. The van der Waals surface area contributed by atoms with Crippen LogP contribution >= 0.6 is 0 Å². The smallest absolute Gasteiger partial charge is 0.255 e. The van der Waals surface area contributed by atoms with Crippen LogP contribution in [-0.2, 0) is 22.7 Å². The minimum atomic E-state index is -0.564.